The number of hydrogen-bond donors (Lipinski definition) is 1. The van der Waals surface area contributed by atoms with E-state index in [4.69, 9.17) is 15.0 Å². The number of nitrogens with one attached hydrogen (secondary N) is 1. The molecule has 0 saturated carbocycles. The van der Waals surface area contributed by atoms with Gasteiger partial charge >= 0.3 is 5.97 Å². The third kappa shape index (κ3) is 6.07. The van der Waals surface area contributed by atoms with E-state index in [-0.39, 0.29) is 11.5 Å². The lowest BCUT2D eigenvalue weighted by Gasteiger charge is -2.39. The molecule has 0 radical (unpaired) electrons. The minimum atomic E-state index is -3.90. The van der Waals surface area contributed by atoms with Crippen LogP contribution in [0.15, 0.2) is 94.8 Å². The molecule has 3 aromatic carbocycles. The van der Waals surface area contributed by atoms with Crippen molar-refractivity contribution in [3.63, 3.8) is 0 Å². The molecule has 2 aromatic heterocycles. The highest BCUT2D eigenvalue weighted by atomic mass is 79.9. The first-order chi connectivity index (χ1) is 21.8. The van der Waals surface area contributed by atoms with Gasteiger partial charge in [-0.3, -0.25) is 9.29 Å². The van der Waals surface area contributed by atoms with Gasteiger partial charge in [-0.05, 0) is 61.5 Å². The van der Waals surface area contributed by atoms with Crippen LogP contribution >= 0.6 is 15.9 Å². The second-order valence-corrected chi connectivity index (χ2v) is 12.8. The molecule has 1 saturated heterocycles. The maximum Gasteiger partial charge on any atom is 0.344 e. The Morgan fingerprint density at radius 1 is 1.04 bits per heavy atom. The molecule has 1 aliphatic heterocycles. The second kappa shape index (κ2) is 12.6. The van der Waals surface area contributed by atoms with E-state index in [1.165, 1.54) is 24.3 Å². The molecule has 0 bridgehead atoms. The Hall–Kier alpha value is -4.93. The summed E-state index contributed by atoms with van der Waals surface area (Å²) in [4.78, 5) is 26.9. The summed E-state index contributed by atoms with van der Waals surface area (Å²) in [6, 6.07) is 20.8. The molecule has 45 heavy (non-hydrogen) atoms. The molecule has 3 heterocycles. The lowest BCUT2D eigenvalue weighted by atomic mass is 10.1. The molecule has 1 fully saturated rings. The van der Waals surface area contributed by atoms with Crippen molar-refractivity contribution in [3.8, 4) is 11.9 Å². The molecule has 0 atom stereocenters. The number of esters is 1. The number of ether oxygens (including phenoxy) is 1. The molecular weight excluding hydrogens is 658 g/mol. The predicted molar refractivity (Wildman–Crippen MR) is 175 cm³/mol. The van der Waals surface area contributed by atoms with Crippen molar-refractivity contribution in [2.24, 2.45) is 0 Å². The van der Waals surface area contributed by atoms with E-state index in [2.05, 4.69) is 35.4 Å². The van der Waals surface area contributed by atoms with Crippen molar-refractivity contribution in [2.45, 2.75) is 11.8 Å². The monoisotopic (exact) mass is 685 g/mol. The van der Waals surface area contributed by atoms with E-state index in [9.17, 15) is 13.2 Å². The van der Waals surface area contributed by atoms with Gasteiger partial charge in [0.2, 0.25) is 0 Å². The Kier molecular flexibility index (Phi) is 8.42. The van der Waals surface area contributed by atoms with Crippen LogP contribution in [0.2, 0.25) is 0 Å². The fourth-order valence-corrected chi connectivity index (χ4v) is 6.85. The SMILES string of the molecule is CCOC(=O)c1c(-n2ccnc2)nc2ccc(Br)cc2c1N1CCN(c2ccccc2NS(=O)(=O)c2ccc(C#N)cc2)CC1. The van der Waals surface area contributed by atoms with Crippen LogP contribution in [0, 0.1) is 11.3 Å². The Bertz CT molecular complexity index is 2020. The molecule has 1 N–H and O–H groups in total. The van der Waals surface area contributed by atoms with Crippen LogP contribution in [0.25, 0.3) is 16.7 Å². The molecule has 11 nitrogen and oxygen atoms in total. The normalized spacial score (nSPS) is 13.4. The molecule has 1 aliphatic rings. The number of rotatable bonds is 8. The molecule has 5 aromatic rings. The average molecular weight is 687 g/mol. The third-order valence-electron chi connectivity index (χ3n) is 7.51. The highest BCUT2D eigenvalue weighted by Crippen LogP contribution is 2.37. The lowest BCUT2D eigenvalue weighted by molar-refractivity contribution is 0.0526. The third-order valence-corrected chi connectivity index (χ3v) is 9.38. The van der Waals surface area contributed by atoms with Crippen LogP contribution in [-0.4, -0.2) is 61.7 Å². The van der Waals surface area contributed by atoms with E-state index < -0.39 is 16.0 Å². The minimum absolute atomic E-state index is 0.0667. The molecule has 6 rings (SSSR count). The molecule has 0 spiro atoms. The first-order valence-electron chi connectivity index (χ1n) is 14.2. The molecule has 0 unspecified atom stereocenters. The summed E-state index contributed by atoms with van der Waals surface area (Å²) in [6.07, 6.45) is 4.98. The fraction of sp³-hybridized carbons (Fsp3) is 0.188. The summed E-state index contributed by atoms with van der Waals surface area (Å²) >= 11 is 3.58. The number of fused-ring (bicyclic) bond motifs is 1. The number of benzene rings is 3. The van der Waals surface area contributed by atoms with Gasteiger partial charge in [0.05, 0.1) is 45.7 Å². The van der Waals surface area contributed by atoms with Crippen molar-refractivity contribution in [3.05, 3.63) is 101 Å². The summed E-state index contributed by atoms with van der Waals surface area (Å²) in [6.45, 7) is 4.16. The van der Waals surface area contributed by atoms with Crippen LogP contribution in [-0.2, 0) is 14.8 Å². The van der Waals surface area contributed by atoms with Gasteiger partial charge < -0.3 is 14.5 Å². The fourth-order valence-electron chi connectivity index (χ4n) is 5.42. The summed E-state index contributed by atoms with van der Waals surface area (Å²) < 4.78 is 37.3. The minimum Gasteiger partial charge on any atom is -0.462 e. The van der Waals surface area contributed by atoms with E-state index in [0.717, 1.165) is 26.8 Å². The largest absolute Gasteiger partial charge is 0.462 e. The van der Waals surface area contributed by atoms with Gasteiger partial charge in [0.1, 0.15) is 11.9 Å². The van der Waals surface area contributed by atoms with Crippen LogP contribution in [0.4, 0.5) is 17.1 Å². The van der Waals surface area contributed by atoms with Crippen LogP contribution in [0.1, 0.15) is 22.8 Å². The molecule has 228 valence electrons. The number of anilines is 3. The van der Waals surface area contributed by atoms with Crippen molar-refractivity contribution in [2.75, 3.05) is 47.3 Å². The number of aromatic nitrogens is 3. The standard InChI is InChI=1S/C32H28BrN7O4S/c1-2-44-32(41)29-30(25-19-23(33)9-12-26(25)36-31(29)40-14-13-35-21-40)39-17-15-38(16-18-39)28-6-4-3-5-27(28)37-45(42,43)24-10-7-22(20-34)8-11-24/h3-14,19,21,37H,2,15-18H2,1H3. The maximum atomic E-state index is 13.5. The Morgan fingerprint density at radius 3 is 2.47 bits per heavy atom. The van der Waals surface area contributed by atoms with E-state index in [0.29, 0.717) is 48.8 Å². The maximum absolute atomic E-state index is 13.5. The Labute approximate surface area is 268 Å². The van der Waals surface area contributed by atoms with Crippen molar-refractivity contribution < 1.29 is 17.9 Å². The molecular formula is C32H28BrN7O4S. The first-order valence-corrected chi connectivity index (χ1v) is 16.5. The van der Waals surface area contributed by atoms with Crippen molar-refractivity contribution >= 4 is 59.9 Å². The van der Waals surface area contributed by atoms with E-state index >= 15 is 0 Å². The summed E-state index contributed by atoms with van der Waals surface area (Å²) in [5.74, 6) is -0.0451. The second-order valence-electron chi connectivity index (χ2n) is 10.2. The topological polar surface area (TPSA) is 133 Å². The number of para-hydroxylation sites is 2. The summed E-state index contributed by atoms with van der Waals surface area (Å²) in [7, 11) is -3.90. The molecule has 0 aliphatic carbocycles. The number of halogens is 1. The first kappa shape index (κ1) is 30.1. The van der Waals surface area contributed by atoms with Gasteiger partial charge in [0.15, 0.2) is 5.82 Å². The Morgan fingerprint density at radius 2 is 1.78 bits per heavy atom. The van der Waals surface area contributed by atoms with Gasteiger partial charge in [0, 0.05) is 48.4 Å². The highest BCUT2D eigenvalue weighted by molar-refractivity contribution is 9.10. The quantitative estimate of drug-likeness (QED) is 0.214. The summed E-state index contributed by atoms with van der Waals surface area (Å²) in [5.41, 5.74) is 3.35. The van der Waals surface area contributed by atoms with Crippen LogP contribution < -0.4 is 14.5 Å². The zero-order valence-corrected chi connectivity index (χ0v) is 26.6. The number of nitrogens with zero attached hydrogens (tertiary/aromatic N) is 6. The number of hydrogen-bond acceptors (Lipinski definition) is 9. The van der Waals surface area contributed by atoms with Crippen molar-refractivity contribution in [1.29, 1.82) is 5.26 Å². The lowest BCUT2D eigenvalue weighted by Crippen LogP contribution is -2.47. The zero-order valence-electron chi connectivity index (χ0n) is 24.2. The number of nitriles is 1. The van der Waals surface area contributed by atoms with Gasteiger partial charge in [-0.15, -0.1) is 0 Å². The number of sulfonamides is 1. The van der Waals surface area contributed by atoms with Gasteiger partial charge in [-0.25, -0.2) is 23.2 Å². The smallest absolute Gasteiger partial charge is 0.344 e. The van der Waals surface area contributed by atoms with Crippen molar-refractivity contribution in [1.82, 2.24) is 14.5 Å². The Balaban J connectivity index is 1.33. The van der Waals surface area contributed by atoms with Crippen LogP contribution in [0.5, 0.6) is 0 Å². The average Bonchev–Trinajstić information content (AvgIpc) is 3.59. The molecule has 0 amide bonds. The predicted octanol–water partition coefficient (Wildman–Crippen LogP) is 5.36. The zero-order chi connectivity index (χ0) is 31.6. The number of piperazine rings is 1. The number of imidazole rings is 1. The van der Waals surface area contributed by atoms with Crippen LogP contribution in [0.3, 0.4) is 0 Å². The molecule has 13 heteroatoms. The number of carbonyl (C=O) groups is 1. The van der Waals surface area contributed by atoms with Gasteiger partial charge in [-0.2, -0.15) is 5.26 Å². The van der Waals surface area contributed by atoms with Gasteiger partial charge in [0.25, 0.3) is 10.0 Å². The highest BCUT2D eigenvalue weighted by Gasteiger charge is 2.30. The van der Waals surface area contributed by atoms with Gasteiger partial charge in [-0.1, -0.05) is 28.1 Å². The number of pyridine rings is 1. The van der Waals surface area contributed by atoms with E-state index in [1.807, 2.05) is 36.4 Å². The number of carbonyl (C=O) groups excluding carboxylic acids is 1. The van der Waals surface area contributed by atoms with E-state index in [1.54, 1.807) is 42.3 Å². The summed E-state index contributed by atoms with van der Waals surface area (Å²) in [5, 5.41) is 9.88.